The summed E-state index contributed by atoms with van der Waals surface area (Å²) < 4.78 is 21.6. The Balaban J connectivity index is 1.09. The summed E-state index contributed by atoms with van der Waals surface area (Å²) in [5.74, 6) is 3.14. The highest BCUT2D eigenvalue weighted by Crippen LogP contribution is 2.33. The average molecular weight is 487 g/mol. The number of ether oxygens (including phenoxy) is 4. The monoisotopic (exact) mass is 486 g/mol. The largest absolute Gasteiger partial charge is 0.454 e. The van der Waals surface area contributed by atoms with E-state index in [1.807, 2.05) is 36.4 Å². The lowest BCUT2D eigenvalue weighted by Gasteiger charge is -2.42. The van der Waals surface area contributed by atoms with E-state index in [0.717, 1.165) is 64.0 Å². The summed E-state index contributed by atoms with van der Waals surface area (Å²) in [6.45, 7) is 6.42. The van der Waals surface area contributed by atoms with Gasteiger partial charge in [0.15, 0.2) is 33.2 Å². The molecule has 0 aromatic heterocycles. The summed E-state index contributed by atoms with van der Waals surface area (Å²) in [7, 11) is 0. The molecule has 33 heavy (non-hydrogen) atoms. The Labute approximate surface area is 203 Å². The molecule has 3 heterocycles. The van der Waals surface area contributed by atoms with Crippen molar-refractivity contribution in [3.63, 3.8) is 0 Å². The smallest absolute Gasteiger partial charge is 0.231 e. The molecule has 2 N–H and O–H groups in total. The minimum absolute atomic E-state index is 0.237. The summed E-state index contributed by atoms with van der Waals surface area (Å²) >= 11 is 11.3. The van der Waals surface area contributed by atoms with Crippen molar-refractivity contribution >= 4 is 34.7 Å². The number of hydrogen-bond donors (Lipinski definition) is 2. The third kappa shape index (κ3) is 4.86. The van der Waals surface area contributed by atoms with Crippen LogP contribution in [0.3, 0.4) is 0 Å². The maximum atomic E-state index is 5.68. The first-order chi connectivity index (χ1) is 16.1. The van der Waals surface area contributed by atoms with Gasteiger partial charge in [-0.05, 0) is 66.8 Å². The summed E-state index contributed by atoms with van der Waals surface area (Å²) in [5.41, 5.74) is 2.20. The summed E-state index contributed by atoms with van der Waals surface area (Å²) in [6.07, 6.45) is 0. The molecule has 1 fully saturated rings. The molecule has 1 atom stereocenters. The molecule has 5 rings (SSSR count). The molecule has 3 aliphatic heterocycles. The fourth-order valence-electron chi connectivity index (χ4n) is 4.11. The zero-order chi connectivity index (χ0) is 22.8. The quantitative estimate of drug-likeness (QED) is 0.631. The van der Waals surface area contributed by atoms with Gasteiger partial charge in [0.1, 0.15) is 0 Å². The highest BCUT2D eigenvalue weighted by molar-refractivity contribution is 7.80. The van der Waals surface area contributed by atoms with Crippen molar-refractivity contribution in [2.45, 2.75) is 26.1 Å². The van der Waals surface area contributed by atoms with Crippen LogP contribution in [0.1, 0.15) is 18.1 Å². The van der Waals surface area contributed by atoms with E-state index < -0.39 is 0 Å². The van der Waals surface area contributed by atoms with Crippen LogP contribution < -0.4 is 29.6 Å². The Morgan fingerprint density at radius 1 is 0.818 bits per heavy atom. The van der Waals surface area contributed by atoms with Crippen LogP contribution in [0.2, 0.25) is 0 Å². The highest BCUT2D eigenvalue weighted by atomic mass is 32.1. The van der Waals surface area contributed by atoms with Crippen molar-refractivity contribution in [3.8, 4) is 23.0 Å². The second-order valence-corrected chi connectivity index (χ2v) is 8.95. The van der Waals surface area contributed by atoms with Crippen LogP contribution >= 0.6 is 24.4 Å². The van der Waals surface area contributed by atoms with Gasteiger partial charge in [0, 0.05) is 38.8 Å². The summed E-state index contributed by atoms with van der Waals surface area (Å²) in [5, 5.41) is 8.23. The second kappa shape index (κ2) is 9.48. The van der Waals surface area contributed by atoms with E-state index >= 15 is 0 Å². The van der Waals surface area contributed by atoms with Crippen LogP contribution in [0.15, 0.2) is 36.4 Å². The third-order valence-corrected chi connectivity index (χ3v) is 6.72. The second-order valence-electron chi connectivity index (χ2n) is 8.18. The topological polar surface area (TPSA) is 67.5 Å². The molecule has 0 amide bonds. The van der Waals surface area contributed by atoms with E-state index in [9.17, 15) is 0 Å². The van der Waals surface area contributed by atoms with E-state index in [1.54, 1.807) is 0 Å². The fraction of sp³-hybridized carbons (Fsp3) is 0.391. The lowest BCUT2D eigenvalue weighted by molar-refractivity contribution is 0.173. The Hall–Kier alpha value is -2.98. The number of nitrogens with one attached hydrogen (secondary N) is 2. The molecule has 3 aliphatic rings. The maximum absolute atomic E-state index is 5.68. The van der Waals surface area contributed by atoms with Gasteiger partial charge < -0.3 is 39.4 Å². The van der Waals surface area contributed by atoms with E-state index in [4.69, 9.17) is 43.4 Å². The molecular weight excluding hydrogens is 460 g/mol. The predicted molar refractivity (Wildman–Crippen MR) is 132 cm³/mol. The van der Waals surface area contributed by atoms with Crippen molar-refractivity contribution in [1.82, 2.24) is 20.4 Å². The van der Waals surface area contributed by atoms with Crippen LogP contribution in [0.25, 0.3) is 0 Å². The van der Waals surface area contributed by atoms with E-state index in [1.165, 1.54) is 0 Å². The minimum atomic E-state index is 0.237. The summed E-state index contributed by atoms with van der Waals surface area (Å²) in [6, 6.07) is 12.1. The van der Waals surface area contributed by atoms with Crippen LogP contribution in [-0.4, -0.2) is 59.3 Å². The molecular formula is C23H26N4O4S2. The highest BCUT2D eigenvalue weighted by Gasteiger charge is 2.27. The first-order valence-corrected chi connectivity index (χ1v) is 11.7. The minimum Gasteiger partial charge on any atom is -0.454 e. The molecule has 2 aromatic rings. The Morgan fingerprint density at radius 3 is 1.94 bits per heavy atom. The molecule has 0 bridgehead atoms. The van der Waals surface area contributed by atoms with E-state index in [2.05, 4.69) is 27.4 Å². The van der Waals surface area contributed by atoms with Gasteiger partial charge in [0.05, 0.1) is 0 Å². The maximum Gasteiger partial charge on any atom is 0.231 e. The zero-order valence-electron chi connectivity index (χ0n) is 18.3. The molecule has 2 aromatic carbocycles. The van der Waals surface area contributed by atoms with Gasteiger partial charge in [-0.1, -0.05) is 12.1 Å². The lowest BCUT2D eigenvalue weighted by Crippen LogP contribution is -2.58. The van der Waals surface area contributed by atoms with Gasteiger partial charge in [-0.25, -0.2) is 0 Å². The van der Waals surface area contributed by atoms with Gasteiger partial charge in [-0.15, -0.1) is 0 Å². The van der Waals surface area contributed by atoms with Crippen molar-refractivity contribution in [2.75, 3.05) is 33.2 Å². The van der Waals surface area contributed by atoms with Gasteiger partial charge in [-0.3, -0.25) is 0 Å². The number of thiocarbonyl (C=S) groups is 2. The van der Waals surface area contributed by atoms with E-state index in [0.29, 0.717) is 13.1 Å². The molecule has 1 saturated heterocycles. The van der Waals surface area contributed by atoms with Crippen LogP contribution in [-0.2, 0) is 13.1 Å². The normalized spacial score (nSPS) is 18.3. The standard InChI is InChI=1S/C23H26N4O4S2/c1-15-12-26(22(32)24-10-16-2-4-18-20(8-16)30-13-28-18)6-7-27(15)23(33)25-11-17-3-5-19-21(9-17)31-14-29-19/h2-5,8-9,15H,6-7,10-14H2,1H3,(H,24,32)(H,25,33)/t15-/m0/s1. The Morgan fingerprint density at radius 2 is 1.36 bits per heavy atom. The van der Waals surface area contributed by atoms with Crippen LogP contribution in [0.4, 0.5) is 0 Å². The predicted octanol–water partition coefficient (Wildman–Crippen LogP) is 2.60. The first kappa shape index (κ1) is 21.8. The van der Waals surface area contributed by atoms with Crippen molar-refractivity contribution in [2.24, 2.45) is 0 Å². The molecule has 0 spiro atoms. The zero-order valence-corrected chi connectivity index (χ0v) is 20.0. The van der Waals surface area contributed by atoms with Gasteiger partial charge >= 0.3 is 0 Å². The van der Waals surface area contributed by atoms with Gasteiger partial charge in [-0.2, -0.15) is 0 Å². The number of piperazine rings is 1. The molecule has 0 saturated carbocycles. The fourth-order valence-corrected chi connectivity index (χ4v) is 4.70. The first-order valence-electron chi connectivity index (χ1n) is 10.9. The van der Waals surface area contributed by atoms with Crippen molar-refractivity contribution in [1.29, 1.82) is 0 Å². The molecule has 0 radical (unpaired) electrons. The average Bonchev–Trinajstić information content (AvgIpc) is 3.49. The SMILES string of the molecule is C[C@H]1CN(C(=S)NCc2ccc3c(c2)OCO3)CCN1C(=S)NCc1ccc2c(c1)OCO2. The Kier molecular flexibility index (Phi) is 6.28. The molecule has 174 valence electrons. The summed E-state index contributed by atoms with van der Waals surface area (Å²) in [4.78, 5) is 4.42. The van der Waals surface area contributed by atoms with Gasteiger partial charge in [0.25, 0.3) is 0 Å². The number of benzene rings is 2. The molecule has 0 aliphatic carbocycles. The van der Waals surface area contributed by atoms with E-state index in [-0.39, 0.29) is 19.6 Å². The van der Waals surface area contributed by atoms with Crippen molar-refractivity contribution in [3.05, 3.63) is 47.5 Å². The molecule has 10 heteroatoms. The number of nitrogens with zero attached hydrogens (tertiary/aromatic N) is 2. The number of fused-ring (bicyclic) bond motifs is 2. The lowest BCUT2D eigenvalue weighted by atomic mass is 10.2. The van der Waals surface area contributed by atoms with Gasteiger partial charge in [0.2, 0.25) is 13.6 Å². The third-order valence-electron chi connectivity index (χ3n) is 5.94. The molecule has 0 unspecified atom stereocenters. The number of hydrogen-bond acceptors (Lipinski definition) is 6. The Bertz CT molecular complexity index is 1070. The van der Waals surface area contributed by atoms with Crippen LogP contribution in [0, 0.1) is 0 Å². The molecule has 8 nitrogen and oxygen atoms in total. The number of rotatable bonds is 4. The van der Waals surface area contributed by atoms with Crippen molar-refractivity contribution < 1.29 is 18.9 Å². The van der Waals surface area contributed by atoms with Crippen LogP contribution in [0.5, 0.6) is 23.0 Å².